The van der Waals surface area contributed by atoms with Crippen molar-refractivity contribution in [3.8, 4) is 5.75 Å². The Kier molecular flexibility index (Phi) is 5.64. The van der Waals surface area contributed by atoms with Gasteiger partial charge in [0.05, 0.1) is 0 Å². The van der Waals surface area contributed by atoms with Gasteiger partial charge >= 0.3 is 0 Å². The highest BCUT2D eigenvalue weighted by atomic mass is 16.5. The Morgan fingerprint density at radius 1 is 0.679 bits per heavy atom. The molecule has 3 aromatic carbocycles. The molecule has 0 saturated heterocycles. The summed E-state index contributed by atoms with van der Waals surface area (Å²) in [5.41, 5.74) is 4.53. The van der Waals surface area contributed by atoms with E-state index >= 15 is 0 Å². The zero-order chi connectivity index (χ0) is 19.0. The van der Waals surface area contributed by atoms with Crippen LogP contribution in [0.1, 0.15) is 22.8 Å². The van der Waals surface area contributed by atoms with Gasteiger partial charge in [0.2, 0.25) is 0 Å². The van der Waals surface area contributed by atoms with E-state index in [-0.39, 0.29) is 6.10 Å². The first-order chi connectivity index (χ1) is 13.9. The van der Waals surface area contributed by atoms with Crippen molar-refractivity contribution in [2.24, 2.45) is 0 Å². The summed E-state index contributed by atoms with van der Waals surface area (Å²) in [6.07, 6.45) is 3.43. The van der Waals surface area contributed by atoms with E-state index in [0.717, 1.165) is 29.1 Å². The van der Waals surface area contributed by atoms with Crippen LogP contribution in [0.5, 0.6) is 5.75 Å². The molecule has 0 radical (unpaired) electrons. The zero-order valence-electron chi connectivity index (χ0n) is 15.5. The molecule has 0 spiro atoms. The SMILES string of the molecule is c1ccc(C(Oc2ccc(CNc3ccncc3)cc2)c2ccccc2)cc1. The highest BCUT2D eigenvalue weighted by Crippen LogP contribution is 2.28. The minimum Gasteiger partial charge on any atom is -0.481 e. The molecule has 0 fully saturated rings. The van der Waals surface area contributed by atoms with Gasteiger partial charge in [-0.2, -0.15) is 0 Å². The zero-order valence-corrected chi connectivity index (χ0v) is 15.5. The lowest BCUT2D eigenvalue weighted by molar-refractivity contribution is 0.247. The van der Waals surface area contributed by atoms with Crippen molar-refractivity contribution in [2.45, 2.75) is 12.6 Å². The second-order valence-electron chi connectivity index (χ2n) is 6.55. The number of rotatable bonds is 7. The van der Waals surface area contributed by atoms with Crippen molar-refractivity contribution in [2.75, 3.05) is 5.32 Å². The second kappa shape index (κ2) is 8.87. The van der Waals surface area contributed by atoms with Crippen molar-refractivity contribution in [3.63, 3.8) is 0 Å². The van der Waals surface area contributed by atoms with E-state index in [1.807, 2.05) is 60.7 Å². The summed E-state index contributed by atoms with van der Waals surface area (Å²) in [4.78, 5) is 4.03. The number of hydrogen-bond donors (Lipinski definition) is 1. The summed E-state index contributed by atoms with van der Waals surface area (Å²) in [5.74, 6) is 0.852. The van der Waals surface area contributed by atoms with Gasteiger partial charge in [-0.15, -0.1) is 0 Å². The van der Waals surface area contributed by atoms with Gasteiger partial charge in [-0.05, 0) is 41.0 Å². The van der Waals surface area contributed by atoms with Crippen LogP contribution in [0.15, 0.2) is 109 Å². The molecule has 1 aromatic heterocycles. The van der Waals surface area contributed by atoms with Gasteiger partial charge in [-0.25, -0.2) is 0 Å². The normalized spacial score (nSPS) is 10.6. The molecule has 0 amide bonds. The highest BCUT2D eigenvalue weighted by molar-refractivity contribution is 5.42. The van der Waals surface area contributed by atoms with Gasteiger partial charge in [-0.1, -0.05) is 72.8 Å². The molecule has 0 unspecified atom stereocenters. The molecule has 4 aromatic rings. The van der Waals surface area contributed by atoms with Gasteiger partial charge in [0, 0.05) is 24.6 Å². The van der Waals surface area contributed by atoms with Crippen LogP contribution in [-0.2, 0) is 6.54 Å². The van der Waals surface area contributed by atoms with Gasteiger partial charge in [0.1, 0.15) is 11.9 Å². The fourth-order valence-corrected chi connectivity index (χ4v) is 3.08. The van der Waals surface area contributed by atoms with Crippen LogP contribution in [0, 0.1) is 0 Å². The fraction of sp³-hybridized carbons (Fsp3) is 0.0800. The van der Waals surface area contributed by atoms with Crippen molar-refractivity contribution in [1.82, 2.24) is 4.98 Å². The summed E-state index contributed by atoms with van der Waals surface area (Å²) in [6, 6.07) is 32.8. The molecule has 4 rings (SSSR count). The smallest absolute Gasteiger partial charge is 0.149 e. The molecule has 138 valence electrons. The number of hydrogen-bond acceptors (Lipinski definition) is 3. The van der Waals surface area contributed by atoms with Gasteiger partial charge in [0.15, 0.2) is 0 Å². The van der Waals surface area contributed by atoms with Gasteiger partial charge in [0.25, 0.3) is 0 Å². The maximum Gasteiger partial charge on any atom is 0.149 e. The first kappa shape index (κ1) is 17.8. The van der Waals surface area contributed by atoms with E-state index in [1.54, 1.807) is 12.4 Å². The molecule has 0 aliphatic heterocycles. The van der Waals surface area contributed by atoms with Crippen molar-refractivity contribution in [1.29, 1.82) is 0 Å². The average molecular weight is 366 g/mol. The Bertz CT molecular complexity index is 932. The fourth-order valence-electron chi connectivity index (χ4n) is 3.08. The number of aromatic nitrogens is 1. The number of ether oxygens (including phenoxy) is 1. The summed E-state index contributed by atoms with van der Waals surface area (Å²) in [5, 5.41) is 3.39. The van der Waals surface area contributed by atoms with Crippen LogP contribution >= 0.6 is 0 Å². The third-order valence-corrected chi connectivity index (χ3v) is 4.56. The molecular weight excluding hydrogens is 344 g/mol. The number of benzene rings is 3. The maximum absolute atomic E-state index is 6.38. The standard InChI is InChI=1S/C25H22N2O/c1-3-7-21(8-4-1)25(22-9-5-2-6-10-22)28-24-13-11-20(12-14-24)19-27-23-15-17-26-18-16-23/h1-18,25H,19H2,(H,26,27). The second-order valence-corrected chi connectivity index (χ2v) is 6.55. The monoisotopic (exact) mass is 366 g/mol. The Hall–Kier alpha value is -3.59. The lowest BCUT2D eigenvalue weighted by Crippen LogP contribution is -2.09. The van der Waals surface area contributed by atoms with Crippen LogP contribution in [0.4, 0.5) is 5.69 Å². The quantitative estimate of drug-likeness (QED) is 0.445. The lowest BCUT2D eigenvalue weighted by Gasteiger charge is -2.20. The van der Waals surface area contributed by atoms with Crippen LogP contribution in [0.25, 0.3) is 0 Å². The van der Waals surface area contributed by atoms with Crippen LogP contribution in [0.3, 0.4) is 0 Å². The van der Waals surface area contributed by atoms with Crippen LogP contribution in [-0.4, -0.2) is 4.98 Å². The van der Waals surface area contributed by atoms with E-state index in [4.69, 9.17) is 4.74 Å². The minimum absolute atomic E-state index is 0.136. The van der Waals surface area contributed by atoms with E-state index in [2.05, 4.69) is 46.7 Å². The Balaban J connectivity index is 1.48. The molecule has 0 aliphatic carbocycles. The third kappa shape index (κ3) is 4.57. The summed E-state index contributed by atoms with van der Waals surface area (Å²) >= 11 is 0. The predicted octanol–water partition coefficient (Wildman–Crippen LogP) is 5.86. The van der Waals surface area contributed by atoms with Crippen molar-refractivity contribution < 1.29 is 4.74 Å². The summed E-state index contributed by atoms with van der Waals surface area (Å²) in [6.45, 7) is 0.755. The minimum atomic E-state index is -0.136. The molecule has 28 heavy (non-hydrogen) atoms. The van der Waals surface area contributed by atoms with E-state index in [9.17, 15) is 0 Å². The van der Waals surface area contributed by atoms with E-state index in [0.29, 0.717) is 0 Å². The van der Waals surface area contributed by atoms with Gasteiger partial charge < -0.3 is 10.1 Å². The topological polar surface area (TPSA) is 34.1 Å². The summed E-state index contributed by atoms with van der Waals surface area (Å²) in [7, 11) is 0. The molecule has 3 heteroatoms. The molecule has 0 bridgehead atoms. The highest BCUT2D eigenvalue weighted by Gasteiger charge is 2.15. The molecule has 0 saturated carbocycles. The van der Waals surface area contributed by atoms with Crippen molar-refractivity contribution in [3.05, 3.63) is 126 Å². The third-order valence-electron chi connectivity index (χ3n) is 4.56. The Morgan fingerprint density at radius 2 is 1.25 bits per heavy atom. The van der Waals surface area contributed by atoms with Crippen LogP contribution < -0.4 is 10.1 Å². The van der Waals surface area contributed by atoms with Crippen molar-refractivity contribution >= 4 is 5.69 Å². The Morgan fingerprint density at radius 3 is 1.82 bits per heavy atom. The van der Waals surface area contributed by atoms with Crippen LogP contribution in [0.2, 0.25) is 0 Å². The number of anilines is 1. The maximum atomic E-state index is 6.38. The molecule has 0 atom stereocenters. The Labute approximate surface area is 165 Å². The number of pyridine rings is 1. The first-order valence-electron chi connectivity index (χ1n) is 9.38. The van der Waals surface area contributed by atoms with E-state index < -0.39 is 0 Å². The predicted molar refractivity (Wildman–Crippen MR) is 113 cm³/mol. The molecule has 3 nitrogen and oxygen atoms in total. The molecule has 1 N–H and O–H groups in total. The largest absolute Gasteiger partial charge is 0.481 e. The molecule has 1 heterocycles. The first-order valence-corrected chi connectivity index (χ1v) is 9.38. The summed E-state index contributed by atoms with van der Waals surface area (Å²) < 4.78 is 6.38. The number of nitrogens with one attached hydrogen (secondary N) is 1. The van der Waals surface area contributed by atoms with Gasteiger partial charge in [-0.3, -0.25) is 4.98 Å². The molecule has 0 aliphatic rings. The van der Waals surface area contributed by atoms with E-state index in [1.165, 1.54) is 5.56 Å². The average Bonchev–Trinajstić information content (AvgIpc) is 2.79. The number of nitrogens with zero attached hydrogens (tertiary/aromatic N) is 1. The lowest BCUT2D eigenvalue weighted by atomic mass is 10.0. The molecular formula is C25H22N2O.